The number of hydrogen-bond acceptors (Lipinski definition) is 4. The maximum atomic E-state index is 11.4. The van der Waals surface area contributed by atoms with Gasteiger partial charge in [-0.3, -0.25) is 0 Å². The van der Waals surface area contributed by atoms with E-state index in [1.165, 1.54) is 6.07 Å². The number of benzene rings is 1. The number of hydrogen-bond donors (Lipinski definition) is 1. The Hall–Kier alpha value is -2.07. The Bertz CT molecular complexity index is 667. The highest BCUT2D eigenvalue weighted by Crippen LogP contribution is 2.28. The van der Waals surface area contributed by atoms with Gasteiger partial charge in [0.15, 0.2) is 0 Å². The van der Waals surface area contributed by atoms with E-state index in [-0.39, 0.29) is 12.2 Å². The van der Waals surface area contributed by atoms with Crippen LogP contribution in [0.5, 0.6) is 5.75 Å². The van der Waals surface area contributed by atoms with Gasteiger partial charge in [-0.05, 0) is 31.5 Å². The van der Waals surface area contributed by atoms with E-state index in [0.29, 0.717) is 17.8 Å². The van der Waals surface area contributed by atoms with Crippen molar-refractivity contribution in [3.8, 4) is 5.75 Å². The van der Waals surface area contributed by atoms with Crippen molar-refractivity contribution in [1.29, 1.82) is 0 Å². The summed E-state index contributed by atoms with van der Waals surface area (Å²) < 4.78 is 10.6. The zero-order valence-corrected chi connectivity index (χ0v) is 11.0. The molecule has 0 saturated carbocycles. The summed E-state index contributed by atoms with van der Waals surface area (Å²) in [6.07, 6.45) is 2.43. The van der Waals surface area contributed by atoms with E-state index in [0.717, 1.165) is 16.5 Å². The average Bonchev–Trinajstić information content (AvgIpc) is 2.44. The summed E-state index contributed by atoms with van der Waals surface area (Å²) in [5, 5.41) is 9.88. The lowest BCUT2D eigenvalue weighted by Crippen LogP contribution is -1.99. The Kier molecular flexibility index (Phi) is 4.02. The van der Waals surface area contributed by atoms with Crippen LogP contribution in [0.4, 0.5) is 0 Å². The molecule has 1 aromatic heterocycles. The van der Waals surface area contributed by atoms with Gasteiger partial charge in [0.05, 0.1) is 13.7 Å². The van der Waals surface area contributed by atoms with Crippen LogP contribution < -0.4 is 10.4 Å². The maximum Gasteiger partial charge on any atom is 0.336 e. The number of ether oxygens (including phenoxy) is 1. The van der Waals surface area contributed by atoms with Gasteiger partial charge in [0.2, 0.25) is 0 Å². The second-order valence-electron chi connectivity index (χ2n) is 4.33. The quantitative estimate of drug-likeness (QED) is 0.676. The van der Waals surface area contributed by atoms with Crippen LogP contribution in [0.15, 0.2) is 45.1 Å². The van der Waals surface area contributed by atoms with Crippen molar-refractivity contribution in [3.05, 3.63) is 51.9 Å². The molecule has 0 spiro atoms. The standard InChI is InChI=1S/C15H16O4/c1-10(9-16)3-6-12-13(18-2)7-4-11-5-8-14(17)19-15(11)12/h3-5,7-8,16H,6,9H2,1-2H3. The van der Waals surface area contributed by atoms with Crippen LogP contribution >= 0.6 is 0 Å². The third-order valence-corrected chi connectivity index (χ3v) is 2.97. The summed E-state index contributed by atoms with van der Waals surface area (Å²) in [5.41, 5.74) is 1.82. The van der Waals surface area contributed by atoms with Gasteiger partial charge in [-0.1, -0.05) is 11.6 Å². The first-order valence-electron chi connectivity index (χ1n) is 6.02. The fourth-order valence-electron chi connectivity index (χ4n) is 1.90. The summed E-state index contributed by atoms with van der Waals surface area (Å²) in [6.45, 7) is 1.85. The second kappa shape index (κ2) is 5.71. The molecule has 0 atom stereocenters. The first-order valence-corrected chi connectivity index (χ1v) is 6.02. The van der Waals surface area contributed by atoms with E-state index in [1.54, 1.807) is 13.2 Å². The van der Waals surface area contributed by atoms with Gasteiger partial charge in [0.1, 0.15) is 11.3 Å². The summed E-state index contributed by atoms with van der Waals surface area (Å²) in [5.74, 6) is 0.670. The van der Waals surface area contributed by atoms with Gasteiger partial charge in [-0.2, -0.15) is 0 Å². The molecule has 0 saturated heterocycles. The smallest absolute Gasteiger partial charge is 0.336 e. The molecule has 0 aliphatic carbocycles. The van der Waals surface area contributed by atoms with Crippen molar-refractivity contribution >= 4 is 11.0 Å². The predicted molar refractivity (Wildman–Crippen MR) is 73.6 cm³/mol. The fourth-order valence-corrected chi connectivity index (χ4v) is 1.90. The topological polar surface area (TPSA) is 59.7 Å². The average molecular weight is 260 g/mol. The zero-order chi connectivity index (χ0) is 13.8. The van der Waals surface area contributed by atoms with Crippen LogP contribution in [-0.2, 0) is 6.42 Å². The monoisotopic (exact) mass is 260 g/mol. The first kappa shape index (κ1) is 13.4. The SMILES string of the molecule is COc1ccc2ccc(=O)oc2c1CC=C(C)CO. The van der Waals surface area contributed by atoms with E-state index < -0.39 is 0 Å². The van der Waals surface area contributed by atoms with Gasteiger partial charge < -0.3 is 14.3 Å². The van der Waals surface area contributed by atoms with Crippen LogP contribution in [0.1, 0.15) is 12.5 Å². The molecule has 0 aliphatic heterocycles. The number of aliphatic hydroxyl groups is 1. The van der Waals surface area contributed by atoms with Crippen molar-refractivity contribution in [1.82, 2.24) is 0 Å². The van der Waals surface area contributed by atoms with Crippen molar-refractivity contribution in [2.45, 2.75) is 13.3 Å². The first-order chi connectivity index (χ1) is 9.15. The van der Waals surface area contributed by atoms with E-state index in [9.17, 15) is 4.79 Å². The molecule has 19 heavy (non-hydrogen) atoms. The molecule has 4 heteroatoms. The van der Waals surface area contributed by atoms with Crippen molar-refractivity contribution in [2.75, 3.05) is 13.7 Å². The Morgan fingerprint density at radius 3 is 2.79 bits per heavy atom. The zero-order valence-electron chi connectivity index (χ0n) is 11.0. The van der Waals surface area contributed by atoms with Crippen molar-refractivity contribution in [3.63, 3.8) is 0 Å². The molecule has 0 bridgehead atoms. The molecule has 0 aliphatic rings. The highest BCUT2D eigenvalue weighted by Gasteiger charge is 2.10. The molecular weight excluding hydrogens is 244 g/mol. The Balaban J connectivity index is 2.60. The molecule has 1 heterocycles. The molecule has 4 nitrogen and oxygen atoms in total. The van der Waals surface area contributed by atoms with Crippen LogP contribution in [0.25, 0.3) is 11.0 Å². The van der Waals surface area contributed by atoms with Crippen LogP contribution in [-0.4, -0.2) is 18.8 Å². The van der Waals surface area contributed by atoms with E-state index in [2.05, 4.69) is 0 Å². The molecule has 2 rings (SSSR count). The van der Waals surface area contributed by atoms with Crippen molar-refractivity contribution < 1.29 is 14.3 Å². The van der Waals surface area contributed by atoms with Crippen LogP contribution in [0.3, 0.4) is 0 Å². The molecule has 0 fully saturated rings. The molecule has 0 unspecified atom stereocenters. The summed E-state index contributed by atoms with van der Waals surface area (Å²) in [7, 11) is 1.58. The summed E-state index contributed by atoms with van der Waals surface area (Å²) in [4.78, 5) is 11.4. The Morgan fingerprint density at radius 2 is 2.11 bits per heavy atom. The highest BCUT2D eigenvalue weighted by molar-refractivity contribution is 5.82. The minimum Gasteiger partial charge on any atom is -0.496 e. The fraction of sp³-hybridized carbons (Fsp3) is 0.267. The number of fused-ring (bicyclic) bond motifs is 1. The summed E-state index contributed by atoms with van der Waals surface area (Å²) in [6, 6.07) is 6.82. The molecule has 1 N–H and O–H groups in total. The predicted octanol–water partition coefficient (Wildman–Crippen LogP) is 2.28. The molecule has 100 valence electrons. The van der Waals surface area contributed by atoms with Gasteiger partial charge >= 0.3 is 5.63 Å². The summed E-state index contributed by atoms with van der Waals surface area (Å²) >= 11 is 0. The van der Waals surface area contributed by atoms with Crippen molar-refractivity contribution in [2.24, 2.45) is 0 Å². The minimum absolute atomic E-state index is 0.0109. The second-order valence-corrected chi connectivity index (χ2v) is 4.33. The highest BCUT2D eigenvalue weighted by atomic mass is 16.5. The van der Waals surface area contributed by atoms with E-state index in [4.69, 9.17) is 14.3 Å². The van der Waals surface area contributed by atoms with Crippen LogP contribution in [0, 0.1) is 0 Å². The maximum absolute atomic E-state index is 11.4. The number of aliphatic hydroxyl groups excluding tert-OH is 1. The number of allylic oxidation sites excluding steroid dienone is 1. The molecule has 0 radical (unpaired) electrons. The van der Waals surface area contributed by atoms with Crippen LogP contribution in [0.2, 0.25) is 0 Å². The Morgan fingerprint density at radius 1 is 1.37 bits per heavy atom. The molecule has 0 amide bonds. The number of rotatable bonds is 4. The largest absolute Gasteiger partial charge is 0.496 e. The molecular formula is C15H16O4. The third-order valence-electron chi connectivity index (χ3n) is 2.97. The lowest BCUT2D eigenvalue weighted by molar-refractivity contribution is 0.331. The normalized spacial score (nSPS) is 11.8. The van der Waals surface area contributed by atoms with E-state index >= 15 is 0 Å². The Labute approximate surface area is 110 Å². The molecule has 1 aromatic carbocycles. The lowest BCUT2D eigenvalue weighted by Gasteiger charge is -2.09. The van der Waals surface area contributed by atoms with Gasteiger partial charge in [-0.15, -0.1) is 0 Å². The third kappa shape index (κ3) is 2.85. The van der Waals surface area contributed by atoms with Gasteiger partial charge in [0, 0.05) is 17.0 Å². The number of methoxy groups -OCH3 is 1. The molecule has 2 aromatic rings. The van der Waals surface area contributed by atoms with Gasteiger partial charge in [0.25, 0.3) is 0 Å². The minimum atomic E-state index is -0.384. The van der Waals surface area contributed by atoms with Gasteiger partial charge in [-0.25, -0.2) is 4.79 Å². The lowest BCUT2D eigenvalue weighted by atomic mass is 10.1. The van der Waals surface area contributed by atoms with E-state index in [1.807, 2.05) is 25.1 Å².